The van der Waals surface area contributed by atoms with Gasteiger partial charge in [0.2, 0.25) is 0 Å². The molecule has 0 saturated heterocycles. The molecule has 0 aromatic heterocycles. The first-order chi connectivity index (χ1) is 10.0. The molecule has 0 heterocycles. The Bertz CT molecular complexity index is 656. The van der Waals surface area contributed by atoms with Crippen molar-refractivity contribution in [2.45, 2.75) is 19.4 Å². The number of hydrogen-bond donors (Lipinski definition) is 1. The predicted octanol–water partition coefficient (Wildman–Crippen LogP) is 3.15. The molecular weight excluding hydrogens is 268 g/mol. The van der Waals surface area contributed by atoms with Crippen LogP contribution in [0.2, 0.25) is 0 Å². The molecule has 5 heteroatoms. The van der Waals surface area contributed by atoms with Gasteiger partial charge < -0.3 is 10.5 Å². The number of ether oxygens (including phenoxy) is 1. The van der Waals surface area contributed by atoms with Crippen molar-refractivity contribution >= 4 is 5.69 Å². The van der Waals surface area contributed by atoms with Crippen LogP contribution in [0.1, 0.15) is 22.7 Å². The van der Waals surface area contributed by atoms with Gasteiger partial charge in [-0.1, -0.05) is 35.9 Å². The molecular formula is C16H18N2O3. The van der Waals surface area contributed by atoms with E-state index in [1.54, 1.807) is 25.3 Å². The maximum atomic E-state index is 11.1. The summed E-state index contributed by atoms with van der Waals surface area (Å²) in [6.07, 6.45) is 0.386. The highest BCUT2D eigenvalue weighted by Crippen LogP contribution is 2.29. The van der Waals surface area contributed by atoms with Gasteiger partial charge in [-0.05, 0) is 19.4 Å². The Labute approximate surface area is 123 Å². The second-order valence-electron chi connectivity index (χ2n) is 4.94. The Morgan fingerprint density at radius 1 is 1.29 bits per heavy atom. The van der Waals surface area contributed by atoms with E-state index in [9.17, 15) is 10.1 Å². The number of nitrogens with two attached hydrogens (primary N) is 1. The SMILES string of the molecule is COc1ccc(C)cc1C(N)Cc1ccccc1[N+](=O)[O-]. The van der Waals surface area contributed by atoms with Gasteiger partial charge in [-0.25, -0.2) is 0 Å². The van der Waals surface area contributed by atoms with Gasteiger partial charge in [0.25, 0.3) is 5.69 Å². The zero-order valence-electron chi connectivity index (χ0n) is 12.1. The number of benzene rings is 2. The van der Waals surface area contributed by atoms with E-state index in [0.29, 0.717) is 17.7 Å². The van der Waals surface area contributed by atoms with Crippen molar-refractivity contribution in [2.75, 3.05) is 7.11 Å². The molecule has 1 unspecified atom stereocenters. The number of methoxy groups -OCH3 is 1. The van der Waals surface area contributed by atoms with Crippen LogP contribution >= 0.6 is 0 Å². The molecule has 0 bridgehead atoms. The second kappa shape index (κ2) is 6.37. The molecule has 0 aliphatic heterocycles. The van der Waals surface area contributed by atoms with Crippen molar-refractivity contribution in [3.8, 4) is 5.75 Å². The zero-order valence-corrected chi connectivity index (χ0v) is 12.1. The maximum Gasteiger partial charge on any atom is 0.272 e. The largest absolute Gasteiger partial charge is 0.496 e. The smallest absolute Gasteiger partial charge is 0.272 e. The minimum atomic E-state index is -0.379. The van der Waals surface area contributed by atoms with Crippen LogP contribution in [0.15, 0.2) is 42.5 Å². The van der Waals surface area contributed by atoms with Gasteiger partial charge >= 0.3 is 0 Å². The first kappa shape index (κ1) is 15.0. The molecule has 0 aliphatic rings. The average Bonchev–Trinajstić information content (AvgIpc) is 2.47. The lowest BCUT2D eigenvalue weighted by atomic mass is 9.96. The van der Waals surface area contributed by atoms with Crippen LogP contribution in [0.25, 0.3) is 0 Å². The molecule has 21 heavy (non-hydrogen) atoms. The van der Waals surface area contributed by atoms with E-state index < -0.39 is 0 Å². The van der Waals surface area contributed by atoms with Gasteiger partial charge in [-0.3, -0.25) is 10.1 Å². The number of nitro benzene ring substituents is 1. The number of nitrogens with zero attached hydrogens (tertiary/aromatic N) is 1. The first-order valence-electron chi connectivity index (χ1n) is 6.65. The second-order valence-corrected chi connectivity index (χ2v) is 4.94. The van der Waals surface area contributed by atoms with E-state index in [1.165, 1.54) is 6.07 Å². The highest BCUT2D eigenvalue weighted by atomic mass is 16.6. The molecule has 0 aliphatic carbocycles. The van der Waals surface area contributed by atoms with Crippen molar-refractivity contribution < 1.29 is 9.66 Å². The first-order valence-corrected chi connectivity index (χ1v) is 6.65. The summed E-state index contributed by atoms with van der Waals surface area (Å²) >= 11 is 0. The Kier molecular flexibility index (Phi) is 4.55. The van der Waals surface area contributed by atoms with E-state index in [0.717, 1.165) is 11.1 Å². The van der Waals surface area contributed by atoms with Crippen molar-refractivity contribution in [1.29, 1.82) is 0 Å². The van der Waals surface area contributed by atoms with Crippen LogP contribution in [-0.2, 0) is 6.42 Å². The molecule has 0 spiro atoms. The van der Waals surface area contributed by atoms with Crippen LogP contribution in [-0.4, -0.2) is 12.0 Å². The molecule has 1 atom stereocenters. The Hall–Kier alpha value is -2.40. The van der Waals surface area contributed by atoms with E-state index in [4.69, 9.17) is 10.5 Å². The molecule has 0 radical (unpaired) electrons. The zero-order chi connectivity index (χ0) is 15.4. The van der Waals surface area contributed by atoms with Gasteiger partial charge in [0.1, 0.15) is 5.75 Å². The van der Waals surface area contributed by atoms with Crippen LogP contribution in [0.3, 0.4) is 0 Å². The lowest BCUT2D eigenvalue weighted by molar-refractivity contribution is -0.385. The third-order valence-corrected chi connectivity index (χ3v) is 3.41. The quantitative estimate of drug-likeness (QED) is 0.676. The van der Waals surface area contributed by atoms with Crippen LogP contribution in [0, 0.1) is 17.0 Å². The molecule has 2 aromatic rings. The van der Waals surface area contributed by atoms with Crippen molar-refractivity contribution in [3.63, 3.8) is 0 Å². The average molecular weight is 286 g/mol. The van der Waals surface area contributed by atoms with Crippen molar-refractivity contribution in [1.82, 2.24) is 0 Å². The summed E-state index contributed by atoms with van der Waals surface area (Å²) in [6, 6.07) is 12.1. The fourth-order valence-corrected chi connectivity index (χ4v) is 2.35. The number of rotatable bonds is 5. The molecule has 2 N–H and O–H groups in total. The van der Waals surface area contributed by atoms with Crippen LogP contribution in [0.5, 0.6) is 5.75 Å². The number of aryl methyl sites for hydroxylation is 1. The van der Waals surface area contributed by atoms with E-state index >= 15 is 0 Å². The highest BCUT2D eigenvalue weighted by Gasteiger charge is 2.18. The van der Waals surface area contributed by atoms with Crippen molar-refractivity contribution in [3.05, 3.63) is 69.3 Å². The third kappa shape index (κ3) is 3.38. The van der Waals surface area contributed by atoms with Gasteiger partial charge in [0.05, 0.1) is 12.0 Å². The fourth-order valence-electron chi connectivity index (χ4n) is 2.35. The summed E-state index contributed by atoms with van der Waals surface area (Å²) < 4.78 is 5.32. The molecule has 2 rings (SSSR count). The summed E-state index contributed by atoms with van der Waals surface area (Å²) in [5, 5.41) is 11.1. The maximum absolute atomic E-state index is 11.1. The molecule has 0 fully saturated rings. The molecule has 2 aromatic carbocycles. The molecule has 0 amide bonds. The minimum Gasteiger partial charge on any atom is -0.496 e. The summed E-state index contributed by atoms with van der Waals surface area (Å²) in [6.45, 7) is 1.97. The number of hydrogen-bond acceptors (Lipinski definition) is 4. The van der Waals surface area contributed by atoms with Gasteiger partial charge in [-0.15, -0.1) is 0 Å². The molecule has 5 nitrogen and oxygen atoms in total. The van der Waals surface area contributed by atoms with Gasteiger partial charge in [0.15, 0.2) is 0 Å². The van der Waals surface area contributed by atoms with Crippen LogP contribution in [0.4, 0.5) is 5.69 Å². The van der Waals surface area contributed by atoms with E-state index in [-0.39, 0.29) is 16.7 Å². The van der Waals surface area contributed by atoms with Crippen molar-refractivity contribution in [2.24, 2.45) is 5.73 Å². The van der Waals surface area contributed by atoms with E-state index in [1.807, 2.05) is 25.1 Å². The summed E-state index contributed by atoms with van der Waals surface area (Å²) in [5.74, 6) is 0.701. The summed E-state index contributed by atoms with van der Waals surface area (Å²) in [5.41, 5.74) is 8.89. The third-order valence-electron chi connectivity index (χ3n) is 3.41. The van der Waals surface area contributed by atoms with Gasteiger partial charge in [-0.2, -0.15) is 0 Å². The van der Waals surface area contributed by atoms with Gasteiger partial charge in [0, 0.05) is 23.2 Å². The summed E-state index contributed by atoms with van der Waals surface area (Å²) in [4.78, 5) is 10.7. The number of para-hydroxylation sites is 1. The van der Waals surface area contributed by atoms with E-state index in [2.05, 4.69) is 0 Å². The predicted molar refractivity (Wildman–Crippen MR) is 81.5 cm³/mol. The summed E-state index contributed by atoms with van der Waals surface area (Å²) in [7, 11) is 1.59. The Morgan fingerprint density at radius 2 is 2.00 bits per heavy atom. The lowest BCUT2D eigenvalue weighted by Gasteiger charge is -2.16. The normalized spacial score (nSPS) is 12.0. The fraction of sp³-hybridized carbons (Fsp3) is 0.250. The highest BCUT2D eigenvalue weighted by molar-refractivity contribution is 5.44. The molecule has 110 valence electrons. The standard InChI is InChI=1S/C16H18N2O3/c1-11-7-8-16(21-2)13(9-11)14(17)10-12-5-3-4-6-15(12)18(19)20/h3-9,14H,10,17H2,1-2H3. The van der Waals surface area contributed by atoms with Crippen LogP contribution < -0.4 is 10.5 Å². The lowest BCUT2D eigenvalue weighted by Crippen LogP contribution is -2.15. The Morgan fingerprint density at radius 3 is 2.67 bits per heavy atom. The molecule has 0 saturated carbocycles. The number of nitro groups is 1. The Balaban J connectivity index is 2.32. The topological polar surface area (TPSA) is 78.4 Å². The minimum absolute atomic E-state index is 0.0968. The monoisotopic (exact) mass is 286 g/mol.